The third-order valence-corrected chi connectivity index (χ3v) is 4.20. The lowest BCUT2D eigenvalue weighted by atomic mass is 10.0. The molecule has 3 nitrogen and oxygen atoms in total. The van der Waals surface area contributed by atoms with Gasteiger partial charge in [-0.2, -0.15) is 0 Å². The van der Waals surface area contributed by atoms with Crippen molar-refractivity contribution in [3.8, 4) is 22.4 Å². The lowest BCUT2D eigenvalue weighted by molar-refractivity contribution is 0.439. The Labute approximate surface area is 133 Å². The number of nitrogen functional groups attached to an aromatic ring is 1. The van der Waals surface area contributed by atoms with Crippen LogP contribution in [-0.2, 0) is 0 Å². The quantitative estimate of drug-likeness (QED) is 0.682. The SMILES string of the molecule is Nc1onc(-c2cccc(F)c2Br)c1-c1ccccc1Cl. The van der Waals surface area contributed by atoms with E-state index in [0.29, 0.717) is 31.9 Å². The largest absolute Gasteiger partial charge is 0.367 e. The molecule has 0 fully saturated rings. The lowest BCUT2D eigenvalue weighted by Crippen LogP contribution is -1.90. The summed E-state index contributed by atoms with van der Waals surface area (Å²) in [6.07, 6.45) is 0. The molecular formula is C15H9BrClFN2O. The lowest BCUT2D eigenvalue weighted by Gasteiger charge is -2.07. The third kappa shape index (κ3) is 2.43. The summed E-state index contributed by atoms with van der Waals surface area (Å²) in [5.74, 6) is -0.256. The van der Waals surface area contributed by atoms with Gasteiger partial charge in [0, 0.05) is 16.1 Å². The number of nitrogens with zero attached hydrogens (tertiary/aromatic N) is 1. The molecule has 0 radical (unpaired) electrons. The topological polar surface area (TPSA) is 52.0 Å². The molecule has 0 aliphatic heterocycles. The molecule has 2 N–H and O–H groups in total. The van der Waals surface area contributed by atoms with Crippen LogP contribution >= 0.6 is 27.5 Å². The van der Waals surface area contributed by atoms with Crippen LogP contribution in [-0.4, -0.2) is 5.16 Å². The molecule has 3 rings (SSSR count). The van der Waals surface area contributed by atoms with Gasteiger partial charge in [0.05, 0.1) is 10.0 Å². The number of aromatic nitrogens is 1. The van der Waals surface area contributed by atoms with Gasteiger partial charge in [0.15, 0.2) is 0 Å². The highest BCUT2D eigenvalue weighted by Gasteiger charge is 2.21. The molecule has 106 valence electrons. The van der Waals surface area contributed by atoms with Crippen molar-refractivity contribution >= 4 is 33.4 Å². The Bertz CT molecular complexity index is 819. The van der Waals surface area contributed by atoms with Crippen LogP contribution in [0.5, 0.6) is 0 Å². The van der Waals surface area contributed by atoms with Crippen molar-refractivity contribution in [1.82, 2.24) is 5.16 Å². The molecule has 0 saturated carbocycles. The fourth-order valence-electron chi connectivity index (χ4n) is 2.10. The van der Waals surface area contributed by atoms with Crippen molar-refractivity contribution < 1.29 is 8.91 Å². The number of anilines is 1. The first-order valence-electron chi connectivity index (χ1n) is 6.04. The maximum Gasteiger partial charge on any atom is 0.230 e. The number of hydrogen-bond acceptors (Lipinski definition) is 3. The summed E-state index contributed by atoms with van der Waals surface area (Å²) in [5.41, 5.74) is 8.09. The molecule has 0 aliphatic rings. The van der Waals surface area contributed by atoms with Crippen LogP contribution in [0, 0.1) is 5.82 Å². The summed E-state index contributed by atoms with van der Waals surface area (Å²) in [5, 5.41) is 4.47. The maximum atomic E-state index is 13.7. The van der Waals surface area contributed by atoms with Gasteiger partial charge in [0.1, 0.15) is 11.5 Å². The van der Waals surface area contributed by atoms with Crippen LogP contribution in [0.15, 0.2) is 51.5 Å². The fraction of sp³-hybridized carbons (Fsp3) is 0. The highest BCUT2D eigenvalue weighted by Crippen LogP contribution is 2.41. The first-order chi connectivity index (χ1) is 10.1. The molecule has 3 aromatic rings. The molecule has 6 heteroatoms. The Morgan fingerprint density at radius 3 is 2.57 bits per heavy atom. The standard InChI is InChI=1S/C15H9BrClFN2O/c16-13-9(5-3-7-11(13)18)14-12(15(19)21-20-14)8-4-1-2-6-10(8)17/h1-7H,19H2. The minimum Gasteiger partial charge on any atom is -0.367 e. The zero-order valence-electron chi connectivity index (χ0n) is 10.6. The van der Waals surface area contributed by atoms with Crippen LogP contribution in [0.25, 0.3) is 22.4 Å². The Morgan fingerprint density at radius 2 is 1.81 bits per heavy atom. The molecule has 0 amide bonds. The summed E-state index contributed by atoms with van der Waals surface area (Å²) in [6, 6.07) is 11.9. The highest BCUT2D eigenvalue weighted by molar-refractivity contribution is 9.10. The number of halogens is 3. The Kier molecular flexibility index (Phi) is 3.69. The van der Waals surface area contributed by atoms with Crippen molar-refractivity contribution in [1.29, 1.82) is 0 Å². The summed E-state index contributed by atoms with van der Waals surface area (Å²) < 4.78 is 19.1. The van der Waals surface area contributed by atoms with Crippen LogP contribution in [0.1, 0.15) is 0 Å². The minimum atomic E-state index is -0.390. The molecule has 2 aromatic carbocycles. The molecule has 0 atom stereocenters. The molecule has 0 aliphatic carbocycles. The average molecular weight is 368 g/mol. The van der Waals surface area contributed by atoms with Gasteiger partial charge in [-0.3, -0.25) is 0 Å². The number of rotatable bonds is 2. The Hall–Kier alpha value is -1.85. The Morgan fingerprint density at radius 1 is 1.10 bits per heavy atom. The van der Waals surface area contributed by atoms with Gasteiger partial charge >= 0.3 is 0 Å². The second-order valence-corrected chi connectivity index (χ2v) is 5.55. The first-order valence-corrected chi connectivity index (χ1v) is 7.21. The molecule has 21 heavy (non-hydrogen) atoms. The van der Waals surface area contributed by atoms with E-state index in [2.05, 4.69) is 21.1 Å². The van der Waals surface area contributed by atoms with Crippen molar-refractivity contribution in [2.45, 2.75) is 0 Å². The van der Waals surface area contributed by atoms with E-state index in [1.165, 1.54) is 6.07 Å². The van der Waals surface area contributed by atoms with Crippen LogP contribution < -0.4 is 5.73 Å². The van der Waals surface area contributed by atoms with Crippen molar-refractivity contribution in [2.24, 2.45) is 0 Å². The van der Waals surface area contributed by atoms with E-state index in [1.807, 2.05) is 18.2 Å². The summed E-state index contributed by atoms with van der Waals surface area (Å²) in [6.45, 7) is 0. The number of hydrogen-bond donors (Lipinski definition) is 1. The second kappa shape index (κ2) is 5.50. The predicted octanol–water partition coefficient (Wildman–Crippen LogP) is 5.15. The molecule has 0 saturated heterocycles. The molecular weight excluding hydrogens is 359 g/mol. The van der Waals surface area contributed by atoms with Gasteiger partial charge in [-0.15, -0.1) is 0 Å². The van der Waals surface area contributed by atoms with Crippen LogP contribution in [0.3, 0.4) is 0 Å². The first kappa shape index (κ1) is 14.1. The Balaban J connectivity index is 2.28. The summed E-state index contributed by atoms with van der Waals surface area (Å²) in [7, 11) is 0. The monoisotopic (exact) mass is 366 g/mol. The summed E-state index contributed by atoms with van der Waals surface area (Å²) >= 11 is 9.43. The highest BCUT2D eigenvalue weighted by atomic mass is 79.9. The van der Waals surface area contributed by atoms with Gasteiger partial charge in [-0.25, -0.2) is 4.39 Å². The zero-order valence-corrected chi connectivity index (χ0v) is 13.0. The molecule has 1 heterocycles. The van der Waals surface area contributed by atoms with E-state index < -0.39 is 0 Å². The van der Waals surface area contributed by atoms with E-state index in [1.54, 1.807) is 18.2 Å². The number of benzene rings is 2. The molecule has 0 bridgehead atoms. The number of nitrogens with two attached hydrogens (primary N) is 1. The van der Waals surface area contributed by atoms with Gasteiger partial charge in [0.25, 0.3) is 0 Å². The van der Waals surface area contributed by atoms with Crippen molar-refractivity contribution in [2.75, 3.05) is 5.73 Å². The van der Waals surface area contributed by atoms with Gasteiger partial charge in [-0.05, 0) is 28.1 Å². The fourth-order valence-corrected chi connectivity index (χ4v) is 2.78. The van der Waals surface area contributed by atoms with E-state index >= 15 is 0 Å². The predicted molar refractivity (Wildman–Crippen MR) is 84.5 cm³/mol. The van der Waals surface area contributed by atoms with Gasteiger partial charge in [0.2, 0.25) is 5.88 Å². The van der Waals surface area contributed by atoms with E-state index in [4.69, 9.17) is 21.9 Å². The zero-order chi connectivity index (χ0) is 15.0. The smallest absolute Gasteiger partial charge is 0.230 e. The van der Waals surface area contributed by atoms with Crippen LogP contribution in [0.4, 0.5) is 10.3 Å². The van der Waals surface area contributed by atoms with Crippen LogP contribution in [0.2, 0.25) is 5.02 Å². The molecule has 0 spiro atoms. The second-order valence-electron chi connectivity index (χ2n) is 4.35. The van der Waals surface area contributed by atoms with Gasteiger partial charge in [-0.1, -0.05) is 47.1 Å². The van der Waals surface area contributed by atoms with Crippen molar-refractivity contribution in [3.63, 3.8) is 0 Å². The van der Waals surface area contributed by atoms with Gasteiger partial charge < -0.3 is 10.3 Å². The third-order valence-electron chi connectivity index (χ3n) is 3.07. The van der Waals surface area contributed by atoms with E-state index in [-0.39, 0.29) is 11.7 Å². The minimum absolute atomic E-state index is 0.134. The normalized spacial score (nSPS) is 10.8. The van der Waals surface area contributed by atoms with Crippen molar-refractivity contribution in [3.05, 3.63) is 57.8 Å². The van der Waals surface area contributed by atoms with E-state index in [0.717, 1.165) is 0 Å². The summed E-state index contributed by atoms with van der Waals surface area (Å²) in [4.78, 5) is 0. The molecule has 1 aromatic heterocycles. The van der Waals surface area contributed by atoms with E-state index in [9.17, 15) is 4.39 Å². The maximum absolute atomic E-state index is 13.7. The average Bonchev–Trinajstić information content (AvgIpc) is 2.84. The molecule has 0 unspecified atom stereocenters.